The van der Waals surface area contributed by atoms with Crippen LogP contribution in [0.15, 0.2) is 47.4 Å². The van der Waals surface area contributed by atoms with E-state index in [1.807, 2.05) is 24.3 Å². The van der Waals surface area contributed by atoms with Gasteiger partial charge in [0, 0.05) is 26.6 Å². The minimum Gasteiger partial charge on any atom is -0.392 e. The molecule has 20 heavy (non-hydrogen) atoms. The molecule has 0 saturated carbocycles. The molecule has 2 aromatic carbocycles. The first-order valence-electron chi connectivity index (χ1n) is 6.50. The molecule has 0 fully saturated rings. The maximum absolute atomic E-state index is 10.5. The number of hydrogen-bond donors (Lipinski definition) is 1. The van der Waals surface area contributed by atoms with E-state index in [4.69, 9.17) is 23.2 Å². The number of hydrogen-bond acceptors (Lipinski definition) is 2. The van der Waals surface area contributed by atoms with Crippen molar-refractivity contribution in [2.24, 2.45) is 0 Å². The van der Waals surface area contributed by atoms with Gasteiger partial charge in [-0.2, -0.15) is 0 Å². The Bertz CT molecular complexity index is 605. The van der Waals surface area contributed by atoms with Crippen molar-refractivity contribution in [1.29, 1.82) is 0 Å². The summed E-state index contributed by atoms with van der Waals surface area (Å²) in [4.78, 5) is 1.28. The van der Waals surface area contributed by atoms with Gasteiger partial charge in [-0.15, -0.1) is 11.8 Å². The van der Waals surface area contributed by atoms with Gasteiger partial charge in [0.05, 0.1) is 6.10 Å². The minimum atomic E-state index is -0.411. The second-order valence-electron chi connectivity index (χ2n) is 4.98. The van der Waals surface area contributed by atoms with Gasteiger partial charge in [-0.1, -0.05) is 47.5 Å². The van der Waals surface area contributed by atoms with Gasteiger partial charge in [0.15, 0.2) is 0 Å². The molecule has 0 saturated heterocycles. The number of aliphatic hydroxyl groups is 1. The molecule has 0 aliphatic carbocycles. The third kappa shape index (κ3) is 2.99. The lowest BCUT2D eigenvalue weighted by atomic mass is 10.0. The summed E-state index contributed by atoms with van der Waals surface area (Å²) in [6, 6.07) is 13.8. The van der Waals surface area contributed by atoms with Crippen molar-refractivity contribution in [2.75, 3.05) is 0 Å². The second-order valence-corrected chi connectivity index (χ2v) is 7.10. The topological polar surface area (TPSA) is 20.2 Å². The molecule has 1 heterocycles. The molecule has 0 aromatic heterocycles. The number of thioether (sulfide) groups is 1. The van der Waals surface area contributed by atoms with Crippen LogP contribution in [0.2, 0.25) is 10.0 Å². The van der Waals surface area contributed by atoms with Gasteiger partial charge >= 0.3 is 0 Å². The van der Waals surface area contributed by atoms with Crippen LogP contribution in [0.1, 0.15) is 11.1 Å². The van der Waals surface area contributed by atoms with Crippen LogP contribution < -0.4 is 0 Å². The van der Waals surface area contributed by atoms with E-state index in [0.717, 1.165) is 12.0 Å². The average Bonchev–Trinajstić information content (AvgIpc) is 2.86. The summed E-state index contributed by atoms with van der Waals surface area (Å²) in [6.45, 7) is 0. The minimum absolute atomic E-state index is 0.194. The van der Waals surface area contributed by atoms with E-state index in [0.29, 0.717) is 16.5 Å². The van der Waals surface area contributed by atoms with Crippen molar-refractivity contribution in [2.45, 2.75) is 29.1 Å². The van der Waals surface area contributed by atoms with E-state index in [2.05, 4.69) is 12.1 Å². The smallest absolute Gasteiger partial charge is 0.0706 e. The predicted molar refractivity (Wildman–Crippen MR) is 86.0 cm³/mol. The van der Waals surface area contributed by atoms with Gasteiger partial charge in [-0.25, -0.2) is 0 Å². The molecule has 2 aromatic rings. The summed E-state index contributed by atoms with van der Waals surface area (Å²) in [7, 11) is 0. The highest BCUT2D eigenvalue weighted by Gasteiger charge is 2.28. The molecule has 4 heteroatoms. The van der Waals surface area contributed by atoms with Crippen LogP contribution in [-0.2, 0) is 12.8 Å². The summed E-state index contributed by atoms with van der Waals surface area (Å²) < 4.78 is 0. The zero-order chi connectivity index (χ0) is 14.1. The van der Waals surface area contributed by atoms with Gasteiger partial charge in [-0.3, -0.25) is 0 Å². The molecule has 3 rings (SSSR count). The highest BCUT2D eigenvalue weighted by molar-refractivity contribution is 8.00. The Balaban J connectivity index is 1.70. The van der Waals surface area contributed by atoms with E-state index in [1.54, 1.807) is 17.8 Å². The Morgan fingerprint density at radius 2 is 2.00 bits per heavy atom. The first kappa shape index (κ1) is 14.3. The van der Waals surface area contributed by atoms with Crippen LogP contribution in [0, 0.1) is 0 Å². The number of benzene rings is 2. The van der Waals surface area contributed by atoms with Crippen molar-refractivity contribution < 1.29 is 5.11 Å². The van der Waals surface area contributed by atoms with E-state index in [-0.39, 0.29) is 5.25 Å². The third-order valence-electron chi connectivity index (χ3n) is 3.55. The van der Waals surface area contributed by atoms with E-state index >= 15 is 0 Å². The Kier molecular flexibility index (Phi) is 4.27. The highest BCUT2D eigenvalue weighted by atomic mass is 35.5. The lowest BCUT2D eigenvalue weighted by molar-refractivity contribution is 0.172. The van der Waals surface area contributed by atoms with Gasteiger partial charge in [0.2, 0.25) is 0 Å². The summed E-state index contributed by atoms with van der Waals surface area (Å²) in [5.74, 6) is 0. The average molecular weight is 325 g/mol. The van der Waals surface area contributed by atoms with Crippen LogP contribution in [0.4, 0.5) is 0 Å². The molecule has 1 aliphatic rings. The molecule has 1 N–H and O–H groups in total. The van der Waals surface area contributed by atoms with E-state index < -0.39 is 6.10 Å². The Hall–Kier alpha value is -0.670. The summed E-state index contributed by atoms with van der Waals surface area (Å²) >= 11 is 13.8. The normalized spacial score (nSPS) is 18.9. The van der Waals surface area contributed by atoms with E-state index in [9.17, 15) is 5.11 Å². The summed E-state index contributed by atoms with van der Waals surface area (Å²) in [6.07, 6.45) is 1.06. The fraction of sp³-hybridized carbons (Fsp3) is 0.250. The lowest BCUT2D eigenvalue weighted by Crippen LogP contribution is -2.25. The molecule has 0 bridgehead atoms. The third-order valence-corrected chi connectivity index (χ3v) is 5.57. The quantitative estimate of drug-likeness (QED) is 0.889. The number of fused-ring (bicyclic) bond motifs is 1. The van der Waals surface area contributed by atoms with Crippen molar-refractivity contribution in [3.63, 3.8) is 0 Å². The molecule has 0 amide bonds. The molecule has 2 atom stereocenters. The van der Waals surface area contributed by atoms with Gasteiger partial charge < -0.3 is 5.11 Å². The van der Waals surface area contributed by atoms with Crippen molar-refractivity contribution in [3.8, 4) is 0 Å². The van der Waals surface area contributed by atoms with Crippen LogP contribution in [0.5, 0.6) is 0 Å². The molecular weight excluding hydrogens is 311 g/mol. The van der Waals surface area contributed by atoms with Gasteiger partial charge in [0.25, 0.3) is 0 Å². The Labute approximate surface area is 132 Å². The van der Waals surface area contributed by atoms with Gasteiger partial charge in [0.1, 0.15) is 0 Å². The number of rotatable bonds is 3. The molecule has 0 radical (unpaired) electrons. The lowest BCUT2D eigenvalue weighted by Gasteiger charge is -2.17. The van der Waals surface area contributed by atoms with E-state index in [1.165, 1.54) is 10.5 Å². The summed E-state index contributed by atoms with van der Waals surface area (Å²) in [5.41, 5.74) is 2.27. The zero-order valence-electron chi connectivity index (χ0n) is 10.7. The van der Waals surface area contributed by atoms with Crippen LogP contribution in [-0.4, -0.2) is 16.5 Å². The Morgan fingerprint density at radius 3 is 2.75 bits per heavy atom. The van der Waals surface area contributed by atoms with Crippen molar-refractivity contribution >= 4 is 35.0 Å². The fourth-order valence-corrected chi connectivity index (χ4v) is 4.26. The molecule has 1 nitrogen and oxygen atoms in total. The van der Waals surface area contributed by atoms with Crippen LogP contribution in [0.3, 0.4) is 0 Å². The van der Waals surface area contributed by atoms with Gasteiger partial charge in [-0.05, 0) is 35.7 Å². The highest BCUT2D eigenvalue weighted by Crippen LogP contribution is 2.39. The zero-order valence-corrected chi connectivity index (χ0v) is 13.1. The maximum Gasteiger partial charge on any atom is 0.0706 e. The standard InChI is InChI=1S/C16H14Cl2OS/c17-12-6-5-10(13(18)9-12)7-14(19)16-8-11-3-1-2-4-15(11)20-16/h1-6,9,14,16,19H,7-8H2. The predicted octanol–water partition coefficient (Wildman–Crippen LogP) is 4.61. The first-order valence-corrected chi connectivity index (χ1v) is 8.13. The fourth-order valence-electron chi connectivity index (χ4n) is 2.47. The molecular formula is C16H14Cl2OS. The molecule has 0 spiro atoms. The summed E-state index contributed by atoms with van der Waals surface area (Å²) in [5, 5.41) is 11.9. The van der Waals surface area contributed by atoms with Crippen LogP contribution in [0.25, 0.3) is 0 Å². The Morgan fingerprint density at radius 1 is 1.20 bits per heavy atom. The monoisotopic (exact) mass is 324 g/mol. The molecule has 2 unspecified atom stereocenters. The van der Waals surface area contributed by atoms with Crippen molar-refractivity contribution in [3.05, 3.63) is 63.6 Å². The number of aliphatic hydroxyl groups excluding tert-OH is 1. The van der Waals surface area contributed by atoms with Crippen LogP contribution >= 0.6 is 35.0 Å². The molecule has 104 valence electrons. The molecule has 1 aliphatic heterocycles. The number of halogens is 2. The largest absolute Gasteiger partial charge is 0.392 e. The van der Waals surface area contributed by atoms with Crippen molar-refractivity contribution in [1.82, 2.24) is 0 Å². The second kappa shape index (κ2) is 5.98. The SMILES string of the molecule is OC(Cc1ccc(Cl)cc1Cl)C1Cc2ccccc2S1. The first-order chi connectivity index (χ1) is 9.63. The maximum atomic E-state index is 10.5.